The summed E-state index contributed by atoms with van der Waals surface area (Å²) in [6.45, 7) is 2.25. The molecular formula is C22H25N3O4. The highest BCUT2D eigenvalue weighted by molar-refractivity contribution is 6.05. The minimum Gasteiger partial charge on any atom is -0.399 e. The fourth-order valence-electron chi connectivity index (χ4n) is 3.50. The topological polar surface area (TPSA) is 91.2 Å². The van der Waals surface area contributed by atoms with Gasteiger partial charge in [-0.05, 0) is 35.7 Å². The zero-order valence-corrected chi connectivity index (χ0v) is 16.6. The van der Waals surface area contributed by atoms with E-state index in [9.17, 15) is 9.59 Å². The molecule has 2 amide bonds. The molecule has 1 saturated heterocycles. The van der Waals surface area contributed by atoms with E-state index >= 15 is 0 Å². The number of rotatable bonds is 6. The maximum Gasteiger partial charge on any atom is 0.254 e. The molecule has 1 aliphatic rings. The molecule has 1 heterocycles. The van der Waals surface area contributed by atoms with Crippen molar-refractivity contribution in [2.75, 3.05) is 26.8 Å². The molecule has 0 unspecified atom stereocenters. The van der Waals surface area contributed by atoms with Gasteiger partial charge in [0.1, 0.15) is 13.2 Å². The molecule has 3 rings (SSSR count). The normalized spacial score (nSPS) is 17.4. The van der Waals surface area contributed by atoms with E-state index in [1.165, 1.54) is 12.0 Å². The molecule has 2 aromatic carbocycles. The summed E-state index contributed by atoms with van der Waals surface area (Å²) in [6.07, 6.45) is 0.304. The quantitative estimate of drug-likeness (QED) is 0.732. The standard InChI is InChI=1S/C22H25N3O4/c1-15-5-3-4-6-19(15)16-7-9-17(10-8-16)22(28)25-14-18(24-29-2)13-20(25)21(27)23-11-12-26/h3-10,20,26H,11-14H2,1-2H3,(H,23,27)/t20-/m0/s1. The highest BCUT2D eigenvalue weighted by Crippen LogP contribution is 2.25. The Morgan fingerprint density at radius 1 is 1.21 bits per heavy atom. The number of hydrogen-bond donors (Lipinski definition) is 2. The summed E-state index contributed by atoms with van der Waals surface area (Å²) >= 11 is 0. The van der Waals surface area contributed by atoms with Crippen LogP contribution >= 0.6 is 0 Å². The van der Waals surface area contributed by atoms with Crippen molar-refractivity contribution < 1.29 is 19.5 Å². The fraction of sp³-hybridized carbons (Fsp3) is 0.318. The number of carbonyl (C=O) groups excluding carboxylic acids is 2. The van der Waals surface area contributed by atoms with Crippen LogP contribution in [-0.2, 0) is 9.63 Å². The lowest BCUT2D eigenvalue weighted by Gasteiger charge is -2.23. The van der Waals surface area contributed by atoms with Gasteiger partial charge >= 0.3 is 0 Å². The summed E-state index contributed by atoms with van der Waals surface area (Å²) in [5.74, 6) is -0.558. The predicted octanol–water partition coefficient (Wildman–Crippen LogP) is 1.99. The highest BCUT2D eigenvalue weighted by atomic mass is 16.6. The van der Waals surface area contributed by atoms with E-state index in [4.69, 9.17) is 9.94 Å². The molecule has 0 aromatic heterocycles. The highest BCUT2D eigenvalue weighted by Gasteiger charge is 2.38. The molecule has 0 bridgehead atoms. The van der Waals surface area contributed by atoms with Gasteiger partial charge in [0.2, 0.25) is 5.91 Å². The minimum atomic E-state index is -0.681. The lowest BCUT2D eigenvalue weighted by molar-refractivity contribution is -0.124. The van der Waals surface area contributed by atoms with Crippen LogP contribution in [0.1, 0.15) is 22.3 Å². The fourth-order valence-corrected chi connectivity index (χ4v) is 3.50. The zero-order chi connectivity index (χ0) is 20.8. The third-order valence-corrected chi connectivity index (χ3v) is 4.94. The zero-order valence-electron chi connectivity index (χ0n) is 16.6. The third kappa shape index (κ3) is 4.63. The van der Waals surface area contributed by atoms with E-state index in [-0.39, 0.29) is 31.5 Å². The second-order valence-electron chi connectivity index (χ2n) is 6.90. The lowest BCUT2D eigenvalue weighted by atomic mass is 9.99. The van der Waals surface area contributed by atoms with Crippen LogP contribution in [0, 0.1) is 6.92 Å². The van der Waals surface area contributed by atoms with E-state index < -0.39 is 6.04 Å². The first-order chi connectivity index (χ1) is 14.0. The van der Waals surface area contributed by atoms with Gasteiger partial charge in [0.05, 0.1) is 18.9 Å². The average molecular weight is 395 g/mol. The Morgan fingerprint density at radius 3 is 2.59 bits per heavy atom. The number of nitrogens with one attached hydrogen (secondary N) is 1. The van der Waals surface area contributed by atoms with Gasteiger partial charge in [0, 0.05) is 18.5 Å². The number of amides is 2. The molecule has 7 nitrogen and oxygen atoms in total. The van der Waals surface area contributed by atoms with Gasteiger partial charge < -0.3 is 20.2 Å². The van der Waals surface area contributed by atoms with Crippen molar-refractivity contribution >= 4 is 17.5 Å². The maximum absolute atomic E-state index is 13.1. The van der Waals surface area contributed by atoms with Gasteiger partial charge in [0.25, 0.3) is 5.91 Å². The number of hydrogen-bond acceptors (Lipinski definition) is 5. The van der Waals surface area contributed by atoms with Crippen molar-refractivity contribution in [2.24, 2.45) is 5.16 Å². The van der Waals surface area contributed by atoms with E-state index in [1.807, 2.05) is 43.3 Å². The number of aliphatic hydroxyl groups excluding tert-OH is 1. The summed E-state index contributed by atoms with van der Waals surface area (Å²) in [7, 11) is 1.43. The van der Waals surface area contributed by atoms with E-state index in [0.717, 1.165) is 16.7 Å². The Bertz CT molecular complexity index is 909. The number of carbonyl (C=O) groups is 2. The Kier molecular flexibility index (Phi) is 6.61. The molecule has 7 heteroatoms. The van der Waals surface area contributed by atoms with E-state index in [1.54, 1.807) is 12.1 Å². The Hall–Kier alpha value is -3.19. The van der Waals surface area contributed by atoms with Crippen LogP contribution in [-0.4, -0.2) is 60.4 Å². The predicted molar refractivity (Wildman–Crippen MR) is 111 cm³/mol. The van der Waals surface area contributed by atoms with Gasteiger partial charge in [-0.15, -0.1) is 0 Å². The summed E-state index contributed by atoms with van der Waals surface area (Å²) in [4.78, 5) is 31.9. The first-order valence-corrected chi connectivity index (χ1v) is 9.49. The van der Waals surface area contributed by atoms with Crippen LogP contribution in [0.5, 0.6) is 0 Å². The van der Waals surface area contributed by atoms with E-state index in [0.29, 0.717) is 17.7 Å². The van der Waals surface area contributed by atoms with Crippen LogP contribution in [0.4, 0.5) is 0 Å². The summed E-state index contributed by atoms with van der Waals surface area (Å²) in [5, 5.41) is 15.5. The maximum atomic E-state index is 13.1. The molecule has 1 aliphatic heterocycles. The number of nitrogens with zero attached hydrogens (tertiary/aromatic N) is 2. The lowest BCUT2D eigenvalue weighted by Crippen LogP contribution is -2.46. The number of oxime groups is 1. The molecule has 152 valence electrons. The van der Waals surface area contributed by atoms with Crippen molar-refractivity contribution in [3.63, 3.8) is 0 Å². The molecular weight excluding hydrogens is 370 g/mol. The summed E-state index contributed by atoms with van der Waals surface area (Å²) < 4.78 is 0. The Morgan fingerprint density at radius 2 is 1.93 bits per heavy atom. The number of likely N-dealkylation sites (tertiary alicyclic amines) is 1. The molecule has 0 aliphatic carbocycles. The van der Waals surface area contributed by atoms with Crippen LogP contribution < -0.4 is 5.32 Å². The Labute approximate surface area is 170 Å². The van der Waals surface area contributed by atoms with Crippen molar-refractivity contribution in [2.45, 2.75) is 19.4 Å². The van der Waals surface area contributed by atoms with Crippen LogP contribution in [0.25, 0.3) is 11.1 Å². The molecule has 0 saturated carbocycles. The largest absolute Gasteiger partial charge is 0.399 e. The van der Waals surface area contributed by atoms with Crippen LogP contribution in [0.2, 0.25) is 0 Å². The van der Waals surface area contributed by atoms with Gasteiger partial charge in [-0.1, -0.05) is 41.6 Å². The second-order valence-corrected chi connectivity index (χ2v) is 6.90. The first-order valence-electron chi connectivity index (χ1n) is 9.49. The third-order valence-electron chi connectivity index (χ3n) is 4.94. The van der Waals surface area contributed by atoms with Crippen LogP contribution in [0.15, 0.2) is 53.7 Å². The molecule has 1 fully saturated rings. The van der Waals surface area contributed by atoms with Crippen molar-refractivity contribution in [3.05, 3.63) is 59.7 Å². The van der Waals surface area contributed by atoms with E-state index in [2.05, 4.69) is 10.5 Å². The van der Waals surface area contributed by atoms with Gasteiger partial charge in [0.15, 0.2) is 0 Å². The molecule has 2 aromatic rings. The van der Waals surface area contributed by atoms with Gasteiger partial charge in [-0.2, -0.15) is 0 Å². The van der Waals surface area contributed by atoms with Crippen molar-refractivity contribution in [1.29, 1.82) is 0 Å². The smallest absolute Gasteiger partial charge is 0.254 e. The van der Waals surface area contributed by atoms with Crippen molar-refractivity contribution in [3.8, 4) is 11.1 Å². The van der Waals surface area contributed by atoms with Crippen LogP contribution in [0.3, 0.4) is 0 Å². The average Bonchev–Trinajstić information content (AvgIpc) is 3.16. The SMILES string of the molecule is CON=C1C[C@@H](C(=O)NCCO)N(C(=O)c2ccc(-c3ccccc3C)cc2)C1. The van der Waals surface area contributed by atoms with Gasteiger partial charge in [-0.25, -0.2) is 0 Å². The molecule has 1 atom stereocenters. The molecule has 0 radical (unpaired) electrons. The monoisotopic (exact) mass is 395 g/mol. The molecule has 0 spiro atoms. The second kappa shape index (κ2) is 9.34. The summed E-state index contributed by atoms with van der Waals surface area (Å²) in [5.41, 5.74) is 4.43. The Balaban J connectivity index is 1.82. The molecule has 29 heavy (non-hydrogen) atoms. The molecule has 2 N–H and O–H groups in total. The minimum absolute atomic E-state index is 0.138. The number of aryl methyl sites for hydroxylation is 1. The number of benzene rings is 2. The summed E-state index contributed by atoms with van der Waals surface area (Å²) in [6, 6.07) is 14.8. The van der Waals surface area contributed by atoms with Gasteiger partial charge in [-0.3, -0.25) is 9.59 Å². The van der Waals surface area contributed by atoms with Crippen molar-refractivity contribution in [1.82, 2.24) is 10.2 Å². The number of aliphatic hydroxyl groups is 1. The first kappa shape index (κ1) is 20.5.